The molecule has 0 spiro atoms. The number of nitrogens with two attached hydrogens (primary N) is 1. The molecular formula is C14H17N3O3. The standard InChI is InChI=1S/C14H17N3O3/c1-9(8-19-2)20-14-11(13(15)17-18)7-10-5-3-4-6-12(10)16-14/h3-7,9,18H,8H2,1-2H3,(H2,15,17). The number of aromatic nitrogens is 1. The molecule has 6 heteroatoms. The molecule has 0 bridgehead atoms. The molecule has 1 atom stereocenters. The number of benzene rings is 1. The third-order valence-corrected chi connectivity index (χ3v) is 2.79. The van der Waals surface area contributed by atoms with E-state index in [0.717, 1.165) is 10.9 Å². The number of ether oxygens (including phenoxy) is 2. The lowest BCUT2D eigenvalue weighted by Gasteiger charge is -2.16. The molecule has 1 heterocycles. The zero-order valence-electron chi connectivity index (χ0n) is 11.4. The van der Waals surface area contributed by atoms with Gasteiger partial charge in [0.15, 0.2) is 5.84 Å². The summed E-state index contributed by atoms with van der Waals surface area (Å²) in [6, 6.07) is 9.35. The van der Waals surface area contributed by atoms with Gasteiger partial charge in [-0.2, -0.15) is 0 Å². The third-order valence-electron chi connectivity index (χ3n) is 2.79. The smallest absolute Gasteiger partial charge is 0.225 e. The number of pyridine rings is 1. The van der Waals surface area contributed by atoms with Crippen LogP contribution in [0.5, 0.6) is 5.88 Å². The second-order valence-corrected chi connectivity index (χ2v) is 4.40. The molecule has 0 saturated carbocycles. The minimum Gasteiger partial charge on any atom is -0.472 e. The third kappa shape index (κ3) is 2.97. The van der Waals surface area contributed by atoms with E-state index in [1.54, 1.807) is 13.2 Å². The van der Waals surface area contributed by atoms with Crippen molar-refractivity contribution in [1.29, 1.82) is 0 Å². The van der Waals surface area contributed by atoms with Crippen LogP contribution in [0.4, 0.5) is 0 Å². The first-order chi connectivity index (χ1) is 9.65. The molecule has 0 fully saturated rings. The van der Waals surface area contributed by atoms with Gasteiger partial charge in [0.05, 0.1) is 17.7 Å². The van der Waals surface area contributed by atoms with Gasteiger partial charge in [0.1, 0.15) is 6.10 Å². The van der Waals surface area contributed by atoms with Crippen LogP contribution in [0.25, 0.3) is 10.9 Å². The largest absolute Gasteiger partial charge is 0.472 e. The normalized spacial score (nSPS) is 13.4. The zero-order chi connectivity index (χ0) is 14.5. The second-order valence-electron chi connectivity index (χ2n) is 4.40. The molecule has 106 valence electrons. The molecule has 2 rings (SSSR count). The van der Waals surface area contributed by atoms with Crippen molar-refractivity contribution in [3.63, 3.8) is 0 Å². The molecule has 2 aromatic rings. The molecule has 0 aliphatic rings. The number of nitrogens with zero attached hydrogens (tertiary/aromatic N) is 2. The van der Waals surface area contributed by atoms with Gasteiger partial charge < -0.3 is 20.4 Å². The Morgan fingerprint density at radius 3 is 2.90 bits per heavy atom. The Morgan fingerprint density at radius 1 is 1.45 bits per heavy atom. The maximum Gasteiger partial charge on any atom is 0.225 e. The zero-order valence-corrected chi connectivity index (χ0v) is 11.4. The summed E-state index contributed by atoms with van der Waals surface area (Å²) in [5.41, 5.74) is 6.92. The highest BCUT2D eigenvalue weighted by Crippen LogP contribution is 2.23. The van der Waals surface area contributed by atoms with Gasteiger partial charge in [-0.15, -0.1) is 0 Å². The van der Waals surface area contributed by atoms with Gasteiger partial charge >= 0.3 is 0 Å². The summed E-state index contributed by atoms with van der Waals surface area (Å²) in [5, 5.41) is 12.8. The topological polar surface area (TPSA) is 90.0 Å². The minimum absolute atomic E-state index is 0.0390. The number of rotatable bonds is 5. The average Bonchev–Trinajstić information content (AvgIpc) is 2.46. The number of oxime groups is 1. The number of methoxy groups -OCH3 is 1. The highest BCUT2D eigenvalue weighted by Gasteiger charge is 2.15. The van der Waals surface area contributed by atoms with E-state index >= 15 is 0 Å². The quantitative estimate of drug-likeness (QED) is 0.375. The monoisotopic (exact) mass is 275 g/mol. The van der Waals surface area contributed by atoms with Crippen LogP contribution in [-0.2, 0) is 4.74 Å². The van der Waals surface area contributed by atoms with Crippen LogP contribution in [0.15, 0.2) is 35.5 Å². The van der Waals surface area contributed by atoms with Crippen molar-refractivity contribution in [3.8, 4) is 5.88 Å². The van der Waals surface area contributed by atoms with Gasteiger partial charge in [0, 0.05) is 12.5 Å². The summed E-state index contributed by atoms with van der Waals surface area (Å²) in [5.74, 6) is 0.284. The molecule has 0 radical (unpaired) electrons. The lowest BCUT2D eigenvalue weighted by Crippen LogP contribution is -2.22. The molecule has 0 saturated heterocycles. The molecule has 0 aliphatic heterocycles. The van der Waals surface area contributed by atoms with Crippen molar-refractivity contribution in [1.82, 2.24) is 4.98 Å². The van der Waals surface area contributed by atoms with Gasteiger partial charge in [0.2, 0.25) is 5.88 Å². The van der Waals surface area contributed by atoms with E-state index in [1.165, 1.54) is 0 Å². The summed E-state index contributed by atoms with van der Waals surface area (Å²) >= 11 is 0. The molecule has 0 amide bonds. The van der Waals surface area contributed by atoms with Crippen molar-refractivity contribution in [2.24, 2.45) is 10.9 Å². The van der Waals surface area contributed by atoms with Gasteiger partial charge in [-0.25, -0.2) is 4.98 Å². The van der Waals surface area contributed by atoms with Crippen molar-refractivity contribution in [3.05, 3.63) is 35.9 Å². The van der Waals surface area contributed by atoms with Crippen LogP contribution < -0.4 is 10.5 Å². The van der Waals surface area contributed by atoms with Crippen molar-refractivity contribution in [2.75, 3.05) is 13.7 Å². The van der Waals surface area contributed by atoms with Gasteiger partial charge in [-0.05, 0) is 19.1 Å². The Morgan fingerprint density at radius 2 is 2.20 bits per heavy atom. The molecular weight excluding hydrogens is 258 g/mol. The SMILES string of the molecule is COCC(C)Oc1nc2ccccc2cc1C(N)=NO. The molecule has 20 heavy (non-hydrogen) atoms. The second kappa shape index (κ2) is 6.21. The summed E-state index contributed by atoms with van der Waals surface area (Å²) in [7, 11) is 1.60. The van der Waals surface area contributed by atoms with E-state index in [1.807, 2.05) is 31.2 Å². The maximum atomic E-state index is 8.88. The first kappa shape index (κ1) is 14.1. The molecule has 0 aliphatic carbocycles. The lowest BCUT2D eigenvalue weighted by atomic mass is 10.1. The van der Waals surface area contributed by atoms with Crippen LogP contribution in [0.1, 0.15) is 12.5 Å². The fourth-order valence-electron chi connectivity index (χ4n) is 1.88. The van der Waals surface area contributed by atoms with Crippen molar-refractivity contribution in [2.45, 2.75) is 13.0 Å². The Kier molecular flexibility index (Phi) is 4.37. The van der Waals surface area contributed by atoms with Gasteiger partial charge in [-0.3, -0.25) is 0 Å². The van der Waals surface area contributed by atoms with Crippen LogP contribution in [0.3, 0.4) is 0 Å². The summed E-state index contributed by atoms with van der Waals surface area (Å²) in [6.45, 7) is 2.28. The minimum atomic E-state index is -0.195. The van der Waals surface area contributed by atoms with E-state index in [0.29, 0.717) is 18.1 Å². The summed E-state index contributed by atoms with van der Waals surface area (Å²) in [6.07, 6.45) is -0.195. The van der Waals surface area contributed by atoms with Crippen LogP contribution >= 0.6 is 0 Å². The maximum absolute atomic E-state index is 8.88. The number of amidine groups is 1. The summed E-state index contributed by atoms with van der Waals surface area (Å²) < 4.78 is 10.7. The predicted octanol–water partition coefficient (Wildman–Crippen LogP) is 1.74. The van der Waals surface area contributed by atoms with Crippen LogP contribution in [0, 0.1) is 0 Å². The first-order valence-electron chi connectivity index (χ1n) is 6.19. The Labute approximate surface area is 116 Å². The van der Waals surface area contributed by atoms with Gasteiger partial charge in [0.25, 0.3) is 0 Å². The fraction of sp³-hybridized carbons (Fsp3) is 0.286. The van der Waals surface area contributed by atoms with E-state index in [2.05, 4.69) is 10.1 Å². The predicted molar refractivity (Wildman–Crippen MR) is 76.2 cm³/mol. The molecule has 6 nitrogen and oxygen atoms in total. The van der Waals surface area contributed by atoms with E-state index < -0.39 is 0 Å². The number of fused-ring (bicyclic) bond motifs is 1. The Bertz CT molecular complexity index is 628. The molecule has 1 aromatic heterocycles. The van der Waals surface area contributed by atoms with Crippen LogP contribution in [-0.4, -0.2) is 35.8 Å². The van der Waals surface area contributed by atoms with E-state index in [4.69, 9.17) is 20.4 Å². The molecule has 3 N–H and O–H groups in total. The molecule has 1 aromatic carbocycles. The Hall–Kier alpha value is -2.34. The average molecular weight is 275 g/mol. The van der Waals surface area contributed by atoms with E-state index in [-0.39, 0.29) is 11.9 Å². The van der Waals surface area contributed by atoms with Crippen LogP contribution in [0.2, 0.25) is 0 Å². The highest BCUT2D eigenvalue weighted by atomic mass is 16.5. The van der Waals surface area contributed by atoms with Crippen molar-refractivity contribution < 1.29 is 14.7 Å². The fourth-order valence-corrected chi connectivity index (χ4v) is 1.88. The Balaban J connectivity index is 2.48. The van der Waals surface area contributed by atoms with Gasteiger partial charge in [-0.1, -0.05) is 23.4 Å². The summed E-state index contributed by atoms with van der Waals surface area (Å²) in [4.78, 5) is 4.42. The van der Waals surface area contributed by atoms with Crippen molar-refractivity contribution >= 4 is 16.7 Å². The highest BCUT2D eigenvalue weighted by molar-refractivity contribution is 6.02. The van der Waals surface area contributed by atoms with E-state index in [9.17, 15) is 0 Å². The number of para-hydroxylation sites is 1. The number of hydrogen-bond acceptors (Lipinski definition) is 5. The number of hydrogen-bond donors (Lipinski definition) is 2. The lowest BCUT2D eigenvalue weighted by molar-refractivity contribution is 0.0890. The first-order valence-corrected chi connectivity index (χ1v) is 6.19. The molecule has 1 unspecified atom stereocenters.